The third kappa shape index (κ3) is 3.83. The van der Waals surface area contributed by atoms with Crippen molar-refractivity contribution in [3.05, 3.63) is 29.8 Å². The van der Waals surface area contributed by atoms with Crippen molar-refractivity contribution in [2.45, 2.75) is 38.6 Å². The molecule has 1 aromatic rings. The number of nitrogens with zero attached hydrogens (tertiary/aromatic N) is 1. The summed E-state index contributed by atoms with van der Waals surface area (Å²) in [6.07, 6.45) is 3.76. The number of ether oxygens (including phenoxy) is 1. The molecule has 2 atom stereocenters. The highest BCUT2D eigenvalue weighted by atomic mass is 16.5. The molecule has 0 radical (unpaired) electrons. The number of hydrogen-bond acceptors (Lipinski definition) is 4. The number of benzene rings is 1. The second-order valence-corrected chi connectivity index (χ2v) is 6.70. The second kappa shape index (κ2) is 7.68. The van der Waals surface area contributed by atoms with Crippen LogP contribution in [0.5, 0.6) is 5.75 Å². The van der Waals surface area contributed by atoms with Crippen molar-refractivity contribution in [3.8, 4) is 5.75 Å². The summed E-state index contributed by atoms with van der Waals surface area (Å²) in [7, 11) is 1.60. The average Bonchev–Trinajstić information content (AvgIpc) is 2.89. The summed E-state index contributed by atoms with van der Waals surface area (Å²) >= 11 is 0. The van der Waals surface area contributed by atoms with Crippen LogP contribution >= 0.6 is 0 Å². The van der Waals surface area contributed by atoms with E-state index >= 15 is 0 Å². The van der Waals surface area contributed by atoms with Crippen molar-refractivity contribution in [2.75, 3.05) is 13.7 Å². The van der Waals surface area contributed by atoms with Gasteiger partial charge in [-0.15, -0.1) is 0 Å². The first-order valence-electron chi connectivity index (χ1n) is 8.85. The monoisotopic (exact) mass is 344 g/mol. The van der Waals surface area contributed by atoms with Crippen molar-refractivity contribution in [2.24, 2.45) is 11.8 Å². The topological polar surface area (TPSA) is 75.7 Å². The van der Waals surface area contributed by atoms with E-state index < -0.39 is 0 Å². The Morgan fingerprint density at radius 2 is 1.88 bits per heavy atom. The van der Waals surface area contributed by atoms with E-state index in [4.69, 9.17) is 4.74 Å². The van der Waals surface area contributed by atoms with Gasteiger partial charge in [-0.05, 0) is 30.5 Å². The molecule has 1 aliphatic heterocycles. The van der Waals surface area contributed by atoms with Crippen LogP contribution in [0.1, 0.15) is 37.7 Å². The molecule has 2 unspecified atom stereocenters. The van der Waals surface area contributed by atoms with Gasteiger partial charge in [0.25, 0.3) is 0 Å². The summed E-state index contributed by atoms with van der Waals surface area (Å²) in [5.41, 5.74) is 0.937. The highest BCUT2D eigenvalue weighted by molar-refractivity contribution is 6.05. The van der Waals surface area contributed by atoms with Gasteiger partial charge in [0.05, 0.1) is 18.9 Å². The molecule has 2 fully saturated rings. The van der Waals surface area contributed by atoms with Gasteiger partial charge in [-0.2, -0.15) is 0 Å². The fourth-order valence-corrected chi connectivity index (χ4v) is 3.74. The molecule has 6 heteroatoms. The van der Waals surface area contributed by atoms with Crippen LogP contribution in [0.4, 0.5) is 0 Å². The maximum absolute atomic E-state index is 12.4. The molecule has 0 spiro atoms. The van der Waals surface area contributed by atoms with Crippen molar-refractivity contribution < 1.29 is 19.1 Å². The van der Waals surface area contributed by atoms with E-state index in [0.717, 1.165) is 37.0 Å². The summed E-state index contributed by atoms with van der Waals surface area (Å²) in [5, 5.41) is 2.82. The number of amides is 3. The zero-order valence-electron chi connectivity index (χ0n) is 14.5. The highest BCUT2D eigenvalue weighted by Crippen LogP contribution is 2.37. The molecule has 1 saturated heterocycles. The van der Waals surface area contributed by atoms with E-state index in [1.54, 1.807) is 7.11 Å². The standard InChI is InChI=1S/C19H24N2O4/c1-25-14-6-4-5-13(11-14)12-20-17(22)9-10-21-18(23)15-7-2-3-8-16(15)19(21)24/h4-6,11,15-16H,2-3,7-10,12H2,1H3,(H,20,22). The Hall–Kier alpha value is -2.37. The Labute approximate surface area is 147 Å². The summed E-state index contributed by atoms with van der Waals surface area (Å²) < 4.78 is 5.15. The van der Waals surface area contributed by atoms with Crippen LogP contribution in [0.3, 0.4) is 0 Å². The van der Waals surface area contributed by atoms with Gasteiger partial charge in [0.15, 0.2) is 0 Å². The second-order valence-electron chi connectivity index (χ2n) is 6.70. The predicted molar refractivity (Wildman–Crippen MR) is 91.6 cm³/mol. The Morgan fingerprint density at radius 1 is 1.20 bits per heavy atom. The van der Waals surface area contributed by atoms with Crippen molar-refractivity contribution in [3.63, 3.8) is 0 Å². The van der Waals surface area contributed by atoms with Gasteiger partial charge < -0.3 is 10.1 Å². The third-order valence-corrected chi connectivity index (χ3v) is 5.12. The lowest BCUT2D eigenvalue weighted by Crippen LogP contribution is -2.35. The van der Waals surface area contributed by atoms with Crippen LogP contribution < -0.4 is 10.1 Å². The molecule has 1 aromatic carbocycles. The quantitative estimate of drug-likeness (QED) is 0.800. The number of rotatable bonds is 6. The SMILES string of the molecule is COc1cccc(CNC(=O)CCN2C(=O)C3CCCCC3C2=O)c1. The molecular formula is C19H24N2O4. The third-order valence-electron chi connectivity index (χ3n) is 5.12. The van der Waals surface area contributed by atoms with Gasteiger partial charge in [0.1, 0.15) is 5.75 Å². The average molecular weight is 344 g/mol. The molecule has 1 heterocycles. The smallest absolute Gasteiger partial charge is 0.233 e. The van der Waals surface area contributed by atoms with E-state index in [-0.39, 0.29) is 42.5 Å². The van der Waals surface area contributed by atoms with Gasteiger partial charge in [0, 0.05) is 19.5 Å². The van der Waals surface area contributed by atoms with Gasteiger partial charge in [-0.1, -0.05) is 25.0 Å². The molecule has 1 N–H and O–H groups in total. The fraction of sp³-hybridized carbons (Fsp3) is 0.526. The highest BCUT2D eigenvalue weighted by Gasteiger charge is 2.47. The van der Waals surface area contributed by atoms with Gasteiger partial charge >= 0.3 is 0 Å². The minimum absolute atomic E-state index is 0.0877. The van der Waals surface area contributed by atoms with Crippen molar-refractivity contribution in [1.82, 2.24) is 10.2 Å². The summed E-state index contributed by atoms with van der Waals surface area (Å²) in [6, 6.07) is 7.47. The summed E-state index contributed by atoms with van der Waals surface area (Å²) in [6.45, 7) is 0.567. The van der Waals surface area contributed by atoms with Gasteiger partial charge in [-0.3, -0.25) is 19.3 Å². The van der Waals surface area contributed by atoms with Crippen LogP contribution in [-0.2, 0) is 20.9 Å². The fourth-order valence-electron chi connectivity index (χ4n) is 3.74. The minimum Gasteiger partial charge on any atom is -0.497 e. The number of methoxy groups -OCH3 is 1. The van der Waals surface area contributed by atoms with Crippen LogP contribution in [0.25, 0.3) is 0 Å². The Bertz CT molecular complexity index is 649. The number of imide groups is 1. The lowest BCUT2D eigenvalue weighted by Gasteiger charge is -2.19. The zero-order valence-corrected chi connectivity index (χ0v) is 14.5. The lowest BCUT2D eigenvalue weighted by atomic mass is 9.81. The first-order chi connectivity index (χ1) is 12.1. The van der Waals surface area contributed by atoms with Gasteiger partial charge in [-0.25, -0.2) is 0 Å². The van der Waals surface area contributed by atoms with E-state index in [2.05, 4.69) is 5.32 Å². The van der Waals surface area contributed by atoms with E-state index in [1.165, 1.54) is 4.90 Å². The molecule has 3 rings (SSSR count). The molecule has 6 nitrogen and oxygen atoms in total. The zero-order chi connectivity index (χ0) is 17.8. The van der Waals surface area contributed by atoms with E-state index in [9.17, 15) is 14.4 Å². The first kappa shape index (κ1) is 17.5. The van der Waals surface area contributed by atoms with Crippen molar-refractivity contribution in [1.29, 1.82) is 0 Å². The molecule has 0 bridgehead atoms. The maximum atomic E-state index is 12.4. The minimum atomic E-state index is -0.168. The summed E-state index contributed by atoms with van der Waals surface area (Å²) in [5.74, 6) is 0.0914. The maximum Gasteiger partial charge on any atom is 0.233 e. The van der Waals surface area contributed by atoms with Crippen LogP contribution in [0.2, 0.25) is 0 Å². The molecule has 134 valence electrons. The molecule has 2 aliphatic rings. The number of likely N-dealkylation sites (tertiary alicyclic amines) is 1. The lowest BCUT2D eigenvalue weighted by molar-refractivity contribution is -0.140. The van der Waals surface area contributed by atoms with Crippen LogP contribution in [0, 0.1) is 11.8 Å². The number of hydrogen-bond donors (Lipinski definition) is 1. The summed E-state index contributed by atoms with van der Waals surface area (Å²) in [4.78, 5) is 38.1. The molecule has 3 amide bonds. The molecule has 1 saturated carbocycles. The van der Waals surface area contributed by atoms with E-state index in [1.807, 2.05) is 24.3 Å². The van der Waals surface area contributed by atoms with Crippen LogP contribution in [0.15, 0.2) is 24.3 Å². The van der Waals surface area contributed by atoms with E-state index in [0.29, 0.717) is 6.54 Å². The molecule has 0 aromatic heterocycles. The number of carbonyl (C=O) groups excluding carboxylic acids is 3. The molecule has 1 aliphatic carbocycles. The normalized spacial score (nSPS) is 22.7. The number of carbonyl (C=O) groups is 3. The number of nitrogens with one attached hydrogen (secondary N) is 1. The molecular weight excluding hydrogens is 320 g/mol. The van der Waals surface area contributed by atoms with Gasteiger partial charge in [0.2, 0.25) is 17.7 Å². The Kier molecular flexibility index (Phi) is 5.36. The Balaban J connectivity index is 1.48. The molecule has 25 heavy (non-hydrogen) atoms. The Morgan fingerprint density at radius 3 is 2.52 bits per heavy atom. The van der Waals surface area contributed by atoms with Crippen molar-refractivity contribution >= 4 is 17.7 Å². The number of fused-ring (bicyclic) bond motifs is 1. The largest absolute Gasteiger partial charge is 0.497 e. The predicted octanol–water partition coefficient (Wildman–Crippen LogP) is 1.88. The first-order valence-corrected chi connectivity index (χ1v) is 8.85. The van der Waals surface area contributed by atoms with Crippen LogP contribution in [-0.4, -0.2) is 36.3 Å².